The first kappa shape index (κ1) is 30.6. The molecular formula is C25H48Cl2N2NiOSi. The summed E-state index contributed by atoms with van der Waals surface area (Å²) in [6.07, 6.45) is 10.1. The Labute approximate surface area is 214 Å². The molecule has 0 bridgehead atoms. The summed E-state index contributed by atoms with van der Waals surface area (Å²) in [5.74, 6) is 2.76. The molecule has 2 aliphatic carbocycles. The molecule has 0 aromatic carbocycles. The topological polar surface area (TPSA) is 34.0 Å². The van der Waals surface area contributed by atoms with Gasteiger partial charge < -0.3 is 4.43 Å². The summed E-state index contributed by atoms with van der Waals surface area (Å²) in [6.45, 7) is 19.5. The van der Waals surface area contributed by atoms with Crippen LogP contribution in [0.3, 0.4) is 0 Å². The predicted octanol–water partition coefficient (Wildman–Crippen LogP) is 8.55. The van der Waals surface area contributed by atoms with Crippen LogP contribution in [0.5, 0.6) is 0 Å². The minimum atomic E-state index is -1.44. The SMILES string of the molecule is CC(=NC1C(C)CCCC1C)C(CCCO[Si](C)(C)C)=NC1C(C)CCCC1C.[Cl][Ni][Cl]. The zero-order valence-corrected chi connectivity index (χ0v) is 25.2. The fourth-order valence-corrected chi connectivity index (χ4v) is 6.03. The van der Waals surface area contributed by atoms with E-state index in [0.29, 0.717) is 48.4 Å². The van der Waals surface area contributed by atoms with Crippen molar-refractivity contribution in [1.82, 2.24) is 0 Å². The van der Waals surface area contributed by atoms with Crippen molar-refractivity contribution in [3.8, 4) is 0 Å². The van der Waals surface area contributed by atoms with Gasteiger partial charge in [-0.3, -0.25) is 9.98 Å². The molecule has 7 heteroatoms. The van der Waals surface area contributed by atoms with E-state index in [2.05, 4.69) is 54.3 Å². The number of hydrogen-bond donors (Lipinski definition) is 0. The maximum atomic E-state index is 6.12. The quantitative estimate of drug-likeness (QED) is 0.169. The summed E-state index contributed by atoms with van der Waals surface area (Å²) in [4.78, 5) is 10.7. The Kier molecular flexibility index (Phi) is 14.9. The Bertz CT molecular complexity index is 577. The number of halogens is 2. The molecule has 0 aliphatic heterocycles. The first-order valence-electron chi connectivity index (χ1n) is 12.6. The zero-order valence-electron chi connectivity index (χ0n) is 21.7. The van der Waals surface area contributed by atoms with E-state index in [0.717, 1.165) is 19.4 Å². The number of rotatable bonds is 8. The average molecular weight is 550 g/mol. The molecule has 0 amide bonds. The van der Waals surface area contributed by atoms with Crippen LogP contribution < -0.4 is 0 Å². The minimum absolute atomic E-state index is 0.461. The van der Waals surface area contributed by atoms with Crippen LogP contribution in [0.2, 0.25) is 19.6 Å². The van der Waals surface area contributed by atoms with E-state index in [9.17, 15) is 0 Å². The van der Waals surface area contributed by atoms with Crippen LogP contribution in [0.25, 0.3) is 0 Å². The Morgan fingerprint density at radius 2 is 1.25 bits per heavy atom. The second-order valence-electron chi connectivity index (χ2n) is 11.2. The van der Waals surface area contributed by atoms with Crippen LogP contribution in [-0.4, -0.2) is 38.4 Å². The van der Waals surface area contributed by atoms with Crippen LogP contribution in [0.4, 0.5) is 0 Å². The summed E-state index contributed by atoms with van der Waals surface area (Å²) in [5.41, 5.74) is 2.47. The Morgan fingerprint density at radius 3 is 1.66 bits per heavy atom. The van der Waals surface area contributed by atoms with E-state index in [4.69, 9.17) is 34.8 Å². The van der Waals surface area contributed by atoms with Gasteiger partial charge in [0.15, 0.2) is 8.32 Å². The average Bonchev–Trinajstić information content (AvgIpc) is 2.69. The molecule has 192 valence electrons. The van der Waals surface area contributed by atoms with Gasteiger partial charge in [-0.15, -0.1) is 0 Å². The van der Waals surface area contributed by atoms with Crippen molar-refractivity contribution in [3.05, 3.63) is 0 Å². The fourth-order valence-electron chi connectivity index (χ4n) is 5.27. The third-order valence-electron chi connectivity index (χ3n) is 7.13. The molecule has 0 saturated heterocycles. The maximum absolute atomic E-state index is 6.12. The van der Waals surface area contributed by atoms with Crippen molar-refractivity contribution in [2.45, 2.75) is 118 Å². The van der Waals surface area contributed by atoms with Gasteiger partial charge in [0, 0.05) is 6.61 Å². The molecule has 0 radical (unpaired) electrons. The van der Waals surface area contributed by atoms with Crippen molar-refractivity contribution in [2.75, 3.05) is 6.61 Å². The summed E-state index contributed by atoms with van der Waals surface area (Å²) in [5, 5.41) is 0. The van der Waals surface area contributed by atoms with Gasteiger partial charge in [-0.25, -0.2) is 0 Å². The molecule has 4 atom stereocenters. The molecule has 2 fully saturated rings. The van der Waals surface area contributed by atoms with E-state index < -0.39 is 8.32 Å². The third kappa shape index (κ3) is 11.3. The van der Waals surface area contributed by atoms with E-state index in [-0.39, 0.29) is 0 Å². The van der Waals surface area contributed by atoms with E-state index in [1.165, 1.54) is 49.9 Å². The van der Waals surface area contributed by atoms with Crippen molar-refractivity contribution in [2.24, 2.45) is 33.7 Å². The van der Waals surface area contributed by atoms with Crippen LogP contribution in [0.1, 0.15) is 86.0 Å². The van der Waals surface area contributed by atoms with Crippen molar-refractivity contribution in [1.29, 1.82) is 0 Å². The summed E-state index contributed by atoms with van der Waals surface area (Å²) < 4.78 is 6.12. The van der Waals surface area contributed by atoms with Crippen molar-refractivity contribution < 1.29 is 17.1 Å². The second-order valence-corrected chi connectivity index (χ2v) is 17.3. The normalized spacial score (nSPS) is 32.4. The zero-order chi connectivity index (χ0) is 24.3. The van der Waals surface area contributed by atoms with Gasteiger partial charge in [-0.1, -0.05) is 40.5 Å². The van der Waals surface area contributed by atoms with Gasteiger partial charge >= 0.3 is 33.0 Å². The molecule has 0 heterocycles. The molecule has 0 aromatic heterocycles. The van der Waals surface area contributed by atoms with Gasteiger partial charge in [0.05, 0.1) is 23.5 Å². The molecule has 2 aliphatic rings. The molecule has 0 N–H and O–H groups in total. The molecule has 2 saturated carbocycles. The molecule has 4 unspecified atom stereocenters. The van der Waals surface area contributed by atoms with Gasteiger partial charge in [0.25, 0.3) is 0 Å². The predicted molar refractivity (Wildman–Crippen MR) is 143 cm³/mol. The standard InChI is InChI=1S/C25H48N2OSi.2ClH.Ni/c1-18-12-9-13-19(2)24(18)26-22(5)23(16-11-17-28-29(6,7)8)27-25-20(3)14-10-15-21(25)4;;;/h18-21,24-25H,9-17H2,1-8H3;2*1H;/q;;;+2/p-2. The van der Waals surface area contributed by atoms with E-state index >= 15 is 0 Å². The van der Waals surface area contributed by atoms with Gasteiger partial charge in [0.2, 0.25) is 0 Å². The number of hydrogen-bond acceptors (Lipinski definition) is 3. The van der Waals surface area contributed by atoms with Crippen molar-refractivity contribution >= 4 is 40.1 Å². The number of aliphatic imine (C=N–C) groups is 2. The first-order chi connectivity index (χ1) is 15.0. The van der Waals surface area contributed by atoms with Gasteiger partial charge in [-0.05, 0) is 88.8 Å². The van der Waals surface area contributed by atoms with Crippen LogP contribution >= 0.6 is 20.4 Å². The van der Waals surface area contributed by atoms with Crippen LogP contribution in [0, 0.1) is 23.7 Å². The Balaban J connectivity index is 0.00000161. The summed E-state index contributed by atoms with van der Waals surface area (Å²) in [7, 11) is 7.96. The van der Waals surface area contributed by atoms with Crippen LogP contribution in [-0.2, 0) is 17.1 Å². The Hall–Kier alpha value is 0.590. The molecular weight excluding hydrogens is 502 g/mol. The van der Waals surface area contributed by atoms with Crippen molar-refractivity contribution in [3.63, 3.8) is 0 Å². The summed E-state index contributed by atoms with van der Waals surface area (Å²) in [6, 6.07) is 0.927. The van der Waals surface area contributed by atoms with Gasteiger partial charge in [-0.2, -0.15) is 0 Å². The fraction of sp³-hybridized carbons (Fsp3) is 0.920. The monoisotopic (exact) mass is 548 g/mol. The Morgan fingerprint density at radius 1 is 0.844 bits per heavy atom. The number of nitrogens with zero attached hydrogens (tertiary/aromatic N) is 2. The molecule has 32 heavy (non-hydrogen) atoms. The van der Waals surface area contributed by atoms with Gasteiger partial charge in [0.1, 0.15) is 0 Å². The second kappa shape index (κ2) is 15.6. The third-order valence-corrected chi connectivity index (χ3v) is 8.20. The molecule has 3 nitrogen and oxygen atoms in total. The van der Waals surface area contributed by atoms with E-state index in [1.54, 1.807) is 0 Å². The van der Waals surface area contributed by atoms with Crippen LogP contribution in [0.15, 0.2) is 9.98 Å². The molecule has 0 spiro atoms. The van der Waals surface area contributed by atoms with E-state index in [1.807, 2.05) is 0 Å². The first-order valence-corrected chi connectivity index (χ1v) is 18.7. The summed E-state index contributed by atoms with van der Waals surface area (Å²) >= 11 is 0.569. The molecule has 2 rings (SSSR count). The molecule has 0 aromatic rings.